The van der Waals surface area contributed by atoms with Crippen molar-refractivity contribution in [2.75, 3.05) is 63.2 Å². The second-order valence-electron chi connectivity index (χ2n) is 7.56. The maximum absolute atomic E-state index is 5.53. The van der Waals surface area contributed by atoms with Gasteiger partial charge < -0.3 is 34.1 Å². The zero-order chi connectivity index (χ0) is 23.7. The molecule has 0 saturated carbocycles. The molecular weight excluding hydrogens is 408 g/mol. The summed E-state index contributed by atoms with van der Waals surface area (Å²) in [4.78, 5) is 8.68. The van der Waals surface area contributed by atoms with E-state index in [1.165, 1.54) is 0 Å². The van der Waals surface area contributed by atoms with Gasteiger partial charge in [0, 0.05) is 38.8 Å². The van der Waals surface area contributed by atoms with E-state index in [9.17, 15) is 0 Å². The van der Waals surface area contributed by atoms with E-state index < -0.39 is 0 Å². The Balaban J connectivity index is 2.13. The van der Waals surface area contributed by atoms with Crippen molar-refractivity contribution in [1.82, 2.24) is 15.1 Å². The van der Waals surface area contributed by atoms with Crippen molar-refractivity contribution in [1.29, 1.82) is 0 Å². The maximum atomic E-state index is 5.53. The fourth-order valence-electron chi connectivity index (χ4n) is 3.54. The first-order chi connectivity index (χ1) is 15.4. The fourth-order valence-corrected chi connectivity index (χ4v) is 3.54. The van der Waals surface area contributed by atoms with Crippen LogP contribution in [0.5, 0.6) is 23.0 Å². The Morgan fingerprint density at radius 1 is 0.875 bits per heavy atom. The van der Waals surface area contributed by atoms with Gasteiger partial charge in [-0.3, -0.25) is 4.99 Å². The minimum absolute atomic E-state index is 0.107. The molecule has 0 heterocycles. The van der Waals surface area contributed by atoms with Crippen molar-refractivity contribution in [3.05, 3.63) is 47.5 Å². The predicted octanol–water partition coefficient (Wildman–Crippen LogP) is 3.03. The number of ether oxygens (including phenoxy) is 4. The number of guanidine groups is 1. The van der Waals surface area contributed by atoms with Gasteiger partial charge >= 0.3 is 0 Å². The highest BCUT2D eigenvalue weighted by Gasteiger charge is 2.19. The van der Waals surface area contributed by atoms with Gasteiger partial charge in [0.05, 0.1) is 34.5 Å². The Bertz CT molecular complexity index is 902. The molecular formula is C24H36N4O4. The molecule has 0 fully saturated rings. The molecule has 0 aliphatic rings. The SMILES string of the molecule is CN=C(NCC(c1ccc(OC)c(OC)c1)N(C)C)N(C)Cc1ccc(OC)cc1OC. The highest BCUT2D eigenvalue weighted by molar-refractivity contribution is 5.79. The van der Waals surface area contributed by atoms with Crippen LogP contribution in [0.3, 0.4) is 0 Å². The number of methoxy groups -OCH3 is 4. The number of hydrogen-bond acceptors (Lipinski definition) is 6. The van der Waals surface area contributed by atoms with Crippen LogP contribution in [0, 0.1) is 0 Å². The molecule has 0 aliphatic heterocycles. The summed E-state index contributed by atoms with van der Waals surface area (Å²) < 4.78 is 21.7. The number of likely N-dealkylation sites (N-methyl/N-ethyl adjacent to an activating group) is 1. The van der Waals surface area contributed by atoms with E-state index in [1.807, 2.05) is 37.4 Å². The van der Waals surface area contributed by atoms with E-state index >= 15 is 0 Å². The summed E-state index contributed by atoms with van der Waals surface area (Å²) in [5.41, 5.74) is 2.16. The van der Waals surface area contributed by atoms with Gasteiger partial charge in [-0.05, 0) is 43.9 Å². The summed E-state index contributed by atoms with van der Waals surface area (Å²) in [6, 6.07) is 11.9. The highest BCUT2D eigenvalue weighted by Crippen LogP contribution is 2.31. The second-order valence-corrected chi connectivity index (χ2v) is 7.56. The van der Waals surface area contributed by atoms with E-state index in [1.54, 1.807) is 35.5 Å². The molecule has 0 amide bonds. The molecule has 8 heteroatoms. The normalized spacial score (nSPS) is 12.3. The lowest BCUT2D eigenvalue weighted by Gasteiger charge is -2.29. The topological polar surface area (TPSA) is 67.8 Å². The van der Waals surface area contributed by atoms with E-state index in [4.69, 9.17) is 18.9 Å². The van der Waals surface area contributed by atoms with Gasteiger partial charge in [0.15, 0.2) is 17.5 Å². The molecule has 176 valence electrons. The summed E-state index contributed by atoms with van der Waals surface area (Å²) in [5, 5.41) is 3.49. The number of benzene rings is 2. The summed E-state index contributed by atoms with van der Waals surface area (Å²) >= 11 is 0. The third-order valence-corrected chi connectivity index (χ3v) is 5.34. The Morgan fingerprint density at radius 2 is 1.56 bits per heavy atom. The second kappa shape index (κ2) is 12.0. The number of hydrogen-bond donors (Lipinski definition) is 1. The standard InChI is InChI=1S/C24H36N4O4/c1-25-24(28(4)16-18-9-11-19(29-5)14-22(18)31-7)26-15-20(27(2)3)17-10-12-21(30-6)23(13-17)32-8/h9-14,20H,15-16H2,1-8H3,(H,25,26). The lowest BCUT2D eigenvalue weighted by atomic mass is 10.1. The molecule has 0 spiro atoms. The van der Waals surface area contributed by atoms with Gasteiger partial charge in [-0.2, -0.15) is 0 Å². The molecule has 2 aromatic rings. The van der Waals surface area contributed by atoms with Crippen molar-refractivity contribution >= 4 is 5.96 Å². The first-order valence-corrected chi connectivity index (χ1v) is 10.4. The zero-order valence-electron chi connectivity index (χ0n) is 20.4. The smallest absolute Gasteiger partial charge is 0.193 e. The predicted molar refractivity (Wildman–Crippen MR) is 128 cm³/mol. The zero-order valence-corrected chi connectivity index (χ0v) is 20.4. The molecule has 1 unspecified atom stereocenters. The minimum atomic E-state index is 0.107. The third-order valence-electron chi connectivity index (χ3n) is 5.34. The van der Waals surface area contributed by atoms with Crippen molar-refractivity contribution in [3.8, 4) is 23.0 Å². The summed E-state index contributed by atoms with van der Waals surface area (Å²) in [6.45, 7) is 1.30. The van der Waals surface area contributed by atoms with Gasteiger partial charge in [-0.1, -0.05) is 6.07 Å². The minimum Gasteiger partial charge on any atom is -0.497 e. The molecule has 2 rings (SSSR count). The van der Waals surface area contributed by atoms with Gasteiger partial charge in [0.25, 0.3) is 0 Å². The van der Waals surface area contributed by atoms with Crippen molar-refractivity contribution in [3.63, 3.8) is 0 Å². The van der Waals surface area contributed by atoms with Crippen LogP contribution >= 0.6 is 0 Å². The molecule has 0 aromatic heterocycles. The Morgan fingerprint density at radius 3 is 2.12 bits per heavy atom. The van der Waals surface area contributed by atoms with E-state index in [0.717, 1.165) is 28.6 Å². The fraction of sp³-hybridized carbons (Fsp3) is 0.458. The van der Waals surface area contributed by atoms with E-state index in [2.05, 4.69) is 40.3 Å². The van der Waals surface area contributed by atoms with E-state index in [0.29, 0.717) is 24.6 Å². The van der Waals surface area contributed by atoms with Crippen LogP contribution in [0.1, 0.15) is 17.2 Å². The summed E-state index contributed by atoms with van der Waals surface area (Å²) in [6.07, 6.45) is 0. The first-order valence-electron chi connectivity index (χ1n) is 10.4. The summed E-state index contributed by atoms with van der Waals surface area (Å²) in [7, 11) is 14.5. The Kier molecular flexibility index (Phi) is 9.46. The molecule has 0 radical (unpaired) electrons. The molecule has 0 aliphatic carbocycles. The molecule has 1 N–H and O–H groups in total. The molecule has 2 aromatic carbocycles. The highest BCUT2D eigenvalue weighted by atomic mass is 16.5. The Hall–Kier alpha value is -3.13. The molecule has 8 nitrogen and oxygen atoms in total. The first kappa shape index (κ1) is 25.1. The monoisotopic (exact) mass is 444 g/mol. The average molecular weight is 445 g/mol. The Labute approximate surface area is 191 Å². The van der Waals surface area contributed by atoms with Crippen LogP contribution in [0.25, 0.3) is 0 Å². The van der Waals surface area contributed by atoms with Crippen LogP contribution < -0.4 is 24.3 Å². The van der Waals surface area contributed by atoms with Crippen LogP contribution in [0.15, 0.2) is 41.4 Å². The van der Waals surface area contributed by atoms with Crippen LogP contribution in [0.4, 0.5) is 0 Å². The van der Waals surface area contributed by atoms with Crippen LogP contribution in [-0.2, 0) is 6.54 Å². The molecule has 0 bridgehead atoms. The molecule has 32 heavy (non-hydrogen) atoms. The number of rotatable bonds is 10. The van der Waals surface area contributed by atoms with Crippen LogP contribution in [-0.4, -0.2) is 78.9 Å². The van der Waals surface area contributed by atoms with Gasteiger partial charge in [0.2, 0.25) is 0 Å². The average Bonchev–Trinajstić information content (AvgIpc) is 2.81. The number of nitrogens with one attached hydrogen (secondary N) is 1. The van der Waals surface area contributed by atoms with Crippen LogP contribution in [0.2, 0.25) is 0 Å². The molecule has 0 saturated heterocycles. The van der Waals surface area contributed by atoms with Gasteiger partial charge in [0.1, 0.15) is 11.5 Å². The van der Waals surface area contributed by atoms with Crippen molar-refractivity contribution in [2.24, 2.45) is 4.99 Å². The lowest BCUT2D eigenvalue weighted by molar-refractivity contribution is 0.293. The van der Waals surface area contributed by atoms with Crippen molar-refractivity contribution in [2.45, 2.75) is 12.6 Å². The summed E-state index contributed by atoms with van der Waals surface area (Å²) in [5.74, 6) is 3.76. The van der Waals surface area contributed by atoms with Gasteiger partial charge in [-0.15, -0.1) is 0 Å². The molecule has 1 atom stereocenters. The van der Waals surface area contributed by atoms with Gasteiger partial charge in [-0.25, -0.2) is 0 Å². The number of aliphatic imine (C=N–C) groups is 1. The number of nitrogens with zero attached hydrogens (tertiary/aromatic N) is 3. The largest absolute Gasteiger partial charge is 0.497 e. The maximum Gasteiger partial charge on any atom is 0.193 e. The lowest BCUT2D eigenvalue weighted by Crippen LogP contribution is -2.42. The quantitative estimate of drug-likeness (QED) is 0.446. The van der Waals surface area contributed by atoms with Crippen molar-refractivity contribution < 1.29 is 18.9 Å². The third kappa shape index (κ3) is 6.20. The van der Waals surface area contributed by atoms with E-state index in [-0.39, 0.29) is 6.04 Å².